The predicted molar refractivity (Wildman–Crippen MR) is 97.9 cm³/mol. The average Bonchev–Trinajstić information content (AvgIpc) is 2.95. The molecule has 140 valence electrons. The molecule has 0 amide bonds. The molecule has 1 saturated heterocycles. The summed E-state index contributed by atoms with van der Waals surface area (Å²) in [6, 6.07) is 1.69. The number of hydrogen-bond donors (Lipinski definition) is 0. The van der Waals surface area contributed by atoms with E-state index >= 15 is 0 Å². The van der Waals surface area contributed by atoms with Crippen LogP contribution in [0.25, 0.3) is 0 Å². The minimum Gasteiger partial charge on any atom is -0.461 e. The molecule has 0 N–H and O–H groups in total. The van der Waals surface area contributed by atoms with Crippen molar-refractivity contribution >= 4 is 18.7 Å². The number of carbonyl (C=O) groups excluding carboxylic acids is 1. The highest BCUT2D eigenvalue weighted by Gasteiger charge is 2.55. The molecule has 7 heteroatoms. The average molecular weight is 350 g/mol. The lowest BCUT2D eigenvalue weighted by Crippen LogP contribution is -2.45. The van der Waals surface area contributed by atoms with Crippen LogP contribution in [0.4, 0.5) is 0 Å². The van der Waals surface area contributed by atoms with Gasteiger partial charge in [-0.2, -0.15) is 5.10 Å². The number of hydrogen-bond acceptors (Lipinski definition) is 5. The van der Waals surface area contributed by atoms with Crippen molar-refractivity contribution < 1.29 is 18.8 Å². The predicted octanol–water partition coefficient (Wildman–Crippen LogP) is 2.70. The monoisotopic (exact) mass is 350 g/mol. The van der Waals surface area contributed by atoms with E-state index in [2.05, 4.69) is 46.6 Å². The number of rotatable bonds is 5. The van der Waals surface area contributed by atoms with Crippen LogP contribution < -0.4 is 5.59 Å². The first-order valence-corrected chi connectivity index (χ1v) is 8.95. The smallest absolute Gasteiger partial charge is 0.461 e. The van der Waals surface area contributed by atoms with Crippen LogP contribution in [-0.4, -0.2) is 40.7 Å². The molecule has 2 rings (SSSR count). The highest BCUT2D eigenvalue weighted by atomic mass is 16.7. The molecule has 1 aliphatic heterocycles. The molecular formula is C18H31BN2O4. The second-order valence-electron chi connectivity index (χ2n) is 8.67. The SMILES string of the molecule is CCOC(=O)c1cc(B2OC(C)(C)C(C)(CCC(C)(C)C)O2)n(C)n1. The van der Waals surface area contributed by atoms with Crippen molar-refractivity contribution in [1.29, 1.82) is 0 Å². The maximum atomic E-state index is 11.9. The Morgan fingerprint density at radius 3 is 2.52 bits per heavy atom. The van der Waals surface area contributed by atoms with Gasteiger partial charge in [0.25, 0.3) is 0 Å². The van der Waals surface area contributed by atoms with Crippen LogP contribution in [0, 0.1) is 5.41 Å². The molecule has 0 aliphatic carbocycles. The summed E-state index contributed by atoms with van der Waals surface area (Å²) >= 11 is 0. The lowest BCUT2D eigenvalue weighted by molar-refractivity contribution is -0.0223. The van der Waals surface area contributed by atoms with Crippen LogP contribution in [0.1, 0.15) is 71.8 Å². The minimum atomic E-state index is -0.555. The van der Waals surface area contributed by atoms with Gasteiger partial charge in [-0.1, -0.05) is 20.8 Å². The van der Waals surface area contributed by atoms with E-state index in [1.54, 1.807) is 24.7 Å². The maximum absolute atomic E-state index is 11.9. The third-order valence-corrected chi connectivity index (χ3v) is 5.04. The van der Waals surface area contributed by atoms with Crippen molar-refractivity contribution in [1.82, 2.24) is 9.78 Å². The first-order valence-electron chi connectivity index (χ1n) is 8.95. The molecule has 1 fully saturated rings. The zero-order chi connectivity index (χ0) is 19.0. The van der Waals surface area contributed by atoms with E-state index in [9.17, 15) is 4.79 Å². The molecule has 0 saturated carbocycles. The summed E-state index contributed by atoms with van der Waals surface area (Å²) in [5.74, 6) is -0.433. The second kappa shape index (κ2) is 6.76. The van der Waals surface area contributed by atoms with Gasteiger partial charge in [-0.3, -0.25) is 4.68 Å². The second-order valence-corrected chi connectivity index (χ2v) is 8.67. The fourth-order valence-electron chi connectivity index (χ4n) is 2.90. The quantitative estimate of drug-likeness (QED) is 0.604. The van der Waals surface area contributed by atoms with E-state index in [0.29, 0.717) is 6.61 Å². The normalized spacial score (nSPS) is 23.1. The van der Waals surface area contributed by atoms with Crippen LogP contribution >= 0.6 is 0 Å². The van der Waals surface area contributed by atoms with Crippen molar-refractivity contribution in [2.45, 2.75) is 72.5 Å². The van der Waals surface area contributed by atoms with Crippen LogP contribution in [0.2, 0.25) is 0 Å². The molecule has 0 aromatic carbocycles. The lowest BCUT2D eigenvalue weighted by atomic mass is 9.78. The third kappa shape index (κ3) is 4.26. The van der Waals surface area contributed by atoms with Crippen LogP contribution in [0.15, 0.2) is 6.07 Å². The molecule has 0 bridgehead atoms. The van der Waals surface area contributed by atoms with Gasteiger partial charge in [0.2, 0.25) is 0 Å². The standard InChI is InChI=1S/C18H31BN2O4/c1-9-23-15(22)13-12-14(21(8)20-13)19-24-17(5,6)18(7,25-19)11-10-16(2,3)4/h12H,9-11H2,1-8H3. The number of aryl methyl sites for hydroxylation is 1. The van der Waals surface area contributed by atoms with Crippen molar-refractivity contribution in [2.24, 2.45) is 12.5 Å². The molecule has 0 radical (unpaired) electrons. The first-order chi connectivity index (χ1) is 11.4. The summed E-state index contributed by atoms with van der Waals surface area (Å²) in [7, 11) is 1.23. The van der Waals surface area contributed by atoms with Gasteiger partial charge < -0.3 is 14.0 Å². The van der Waals surface area contributed by atoms with Crippen molar-refractivity contribution in [2.75, 3.05) is 6.61 Å². The van der Waals surface area contributed by atoms with Crippen molar-refractivity contribution in [3.05, 3.63) is 11.8 Å². The molecule has 1 aromatic heterocycles. The van der Waals surface area contributed by atoms with Crippen molar-refractivity contribution in [3.63, 3.8) is 0 Å². The number of ether oxygens (including phenoxy) is 1. The van der Waals surface area contributed by atoms with Gasteiger partial charge in [-0.05, 0) is 52.0 Å². The van der Waals surface area contributed by atoms with E-state index in [-0.39, 0.29) is 11.1 Å². The van der Waals surface area contributed by atoms with Gasteiger partial charge in [0.05, 0.1) is 23.4 Å². The Kier molecular flexibility index (Phi) is 5.40. The number of carbonyl (C=O) groups is 1. The van der Waals surface area contributed by atoms with E-state index in [1.807, 2.05) is 0 Å². The molecule has 6 nitrogen and oxygen atoms in total. The Hall–Kier alpha value is -1.34. The van der Waals surface area contributed by atoms with Gasteiger partial charge in [-0.25, -0.2) is 4.79 Å². The van der Waals surface area contributed by atoms with E-state index in [1.165, 1.54) is 0 Å². The number of aromatic nitrogens is 2. The third-order valence-electron chi connectivity index (χ3n) is 5.04. The highest BCUT2D eigenvalue weighted by Crippen LogP contribution is 2.42. The largest absolute Gasteiger partial charge is 0.514 e. The van der Waals surface area contributed by atoms with Crippen molar-refractivity contribution in [3.8, 4) is 0 Å². The Bertz CT molecular complexity index is 636. The van der Waals surface area contributed by atoms with E-state index in [4.69, 9.17) is 14.0 Å². The fourth-order valence-corrected chi connectivity index (χ4v) is 2.90. The van der Waals surface area contributed by atoms with Crippen LogP contribution in [0.5, 0.6) is 0 Å². The summed E-state index contributed by atoms with van der Waals surface area (Å²) < 4.78 is 19.2. The fraction of sp³-hybridized carbons (Fsp3) is 0.778. The minimum absolute atomic E-state index is 0.226. The summed E-state index contributed by atoms with van der Waals surface area (Å²) in [6.45, 7) is 15.0. The lowest BCUT2D eigenvalue weighted by Gasteiger charge is -2.38. The molecule has 0 spiro atoms. The Balaban J connectivity index is 2.21. The zero-order valence-electron chi connectivity index (χ0n) is 16.8. The van der Waals surface area contributed by atoms with Gasteiger partial charge in [-0.15, -0.1) is 0 Å². The van der Waals surface area contributed by atoms with E-state index < -0.39 is 24.3 Å². The number of esters is 1. The van der Waals surface area contributed by atoms with Gasteiger partial charge >= 0.3 is 13.1 Å². The highest BCUT2D eigenvalue weighted by molar-refractivity contribution is 6.61. The Morgan fingerprint density at radius 1 is 1.32 bits per heavy atom. The Morgan fingerprint density at radius 2 is 1.96 bits per heavy atom. The molecule has 1 atom stereocenters. The summed E-state index contributed by atoms with van der Waals surface area (Å²) in [4.78, 5) is 11.9. The van der Waals surface area contributed by atoms with Gasteiger partial charge in [0, 0.05) is 7.05 Å². The molecule has 1 aliphatic rings. The zero-order valence-corrected chi connectivity index (χ0v) is 16.8. The molecular weight excluding hydrogens is 319 g/mol. The summed E-state index contributed by atoms with van der Waals surface area (Å²) in [5.41, 5.74) is 0.351. The first kappa shape index (κ1) is 20.0. The molecule has 2 heterocycles. The molecule has 25 heavy (non-hydrogen) atoms. The topological polar surface area (TPSA) is 62.6 Å². The Labute approximate surface area is 151 Å². The molecule has 1 unspecified atom stereocenters. The maximum Gasteiger partial charge on any atom is 0.514 e. The number of nitrogens with zero attached hydrogens (tertiary/aromatic N) is 2. The van der Waals surface area contributed by atoms with Crippen LogP contribution in [0.3, 0.4) is 0 Å². The van der Waals surface area contributed by atoms with Gasteiger partial charge in [0.15, 0.2) is 5.69 Å². The van der Waals surface area contributed by atoms with Crippen LogP contribution in [-0.2, 0) is 21.1 Å². The van der Waals surface area contributed by atoms with E-state index in [0.717, 1.165) is 18.4 Å². The summed E-state index contributed by atoms with van der Waals surface area (Å²) in [5, 5.41) is 4.24. The summed E-state index contributed by atoms with van der Waals surface area (Å²) in [6.07, 6.45) is 1.92. The molecule has 1 aromatic rings. The van der Waals surface area contributed by atoms with Gasteiger partial charge in [0.1, 0.15) is 0 Å².